The minimum atomic E-state index is -0.438. The minimum Gasteiger partial charge on any atom is -0.368 e. The standard InChI is InChI=1S/C20H21N5O3/c1-2-17-16-11-14(12-22-19(16)28-23-17)20(27)25-9-7-24(8-10-25)15-5-3-13(4-6-15)18(21)26/h3-6,11-12H,2,7-10H2,1H3,(H2,21,26). The fourth-order valence-corrected chi connectivity index (χ4v) is 3.44. The predicted molar refractivity (Wildman–Crippen MR) is 104 cm³/mol. The summed E-state index contributed by atoms with van der Waals surface area (Å²) >= 11 is 0. The number of benzene rings is 1. The Morgan fingerprint density at radius 1 is 1.11 bits per heavy atom. The molecule has 8 heteroatoms. The van der Waals surface area contributed by atoms with E-state index in [1.165, 1.54) is 0 Å². The maximum absolute atomic E-state index is 12.9. The Morgan fingerprint density at radius 3 is 2.46 bits per heavy atom. The fourth-order valence-electron chi connectivity index (χ4n) is 3.44. The number of carbonyl (C=O) groups excluding carboxylic acids is 2. The summed E-state index contributed by atoms with van der Waals surface area (Å²) in [6.45, 7) is 4.63. The smallest absolute Gasteiger partial charge is 0.257 e. The van der Waals surface area contributed by atoms with Gasteiger partial charge in [-0.25, -0.2) is 4.98 Å². The van der Waals surface area contributed by atoms with Gasteiger partial charge in [-0.2, -0.15) is 0 Å². The molecule has 1 aliphatic heterocycles. The highest BCUT2D eigenvalue weighted by molar-refractivity contribution is 5.97. The van der Waals surface area contributed by atoms with E-state index in [1.54, 1.807) is 18.3 Å². The first-order valence-corrected chi connectivity index (χ1v) is 9.25. The molecular weight excluding hydrogens is 358 g/mol. The molecule has 0 radical (unpaired) electrons. The maximum Gasteiger partial charge on any atom is 0.257 e. The van der Waals surface area contributed by atoms with Crippen LogP contribution in [-0.4, -0.2) is 53.0 Å². The number of nitrogens with two attached hydrogens (primary N) is 1. The highest BCUT2D eigenvalue weighted by Gasteiger charge is 2.23. The maximum atomic E-state index is 12.9. The van der Waals surface area contributed by atoms with Crippen LogP contribution < -0.4 is 10.6 Å². The number of hydrogen-bond donors (Lipinski definition) is 1. The second-order valence-corrected chi connectivity index (χ2v) is 6.75. The summed E-state index contributed by atoms with van der Waals surface area (Å²) in [7, 11) is 0. The number of nitrogens with zero attached hydrogens (tertiary/aromatic N) is 4. The molecule has 0 spiro atoms. The lowest BCUT2D eigenvalue weighted by molar-refractivity contribution is 0.0746. The number of anilines is 1. The van der Waals surface area contributed by atoms with Crippen molar-refractivity contribution in [1.29, 1.82) is 0 Å². The SMILES string of the molecule is CCc1noc2ncc(C(=O)N3CCN(c4ccc(C(N)=O)cc4)CC3)cc12. The van der Waals surface area contributed by atoms with E-state index in [4.69, 9.17) is 10.3 Å². The van der Waals surface area contributed by atoms with E-state index in [9.17, 15) is 9.59 Å². The van der Waals surface area contributed by atoms with E-state index in [1.807, 2.05) is 30.0 Å². The number of carbonyl (C=O) groups is 2. The van der Waals surface area contributed by atoms with Crippen LogP contribution in [-0.2, 0) is 6.42 Å². The van der Waals surface area contributed by atoms with Crippen LogP contribution in [0.25, 0.3) is 11.1 Å². The fraction of sp³-hybridized carbons (Fsp3) is 0.300. The van der Waals surface area contributed by atoms with Crippen LogP contribution in [0.5, 0.6) is 0 Å². The average Bonchev–Trinajstić information content (AvgIpc) is 3.15. The Kier molecular flexibility index (Phi) is 4.68. The monoisotopic (exact) mass is 379 g/mol. The molecule has 3 heterocycles. The summed E-state index contributed by atoms with van der Waals surface area (Å²) in [4.78, 5) is 32.3. The molecule has 2 N–H and O–H groups in total. The largest absolute Gasteiger partial charge is 0.368 e. The number of primary amides is 1. The van der Waals surface area contributed by atoms with Gasteiger partial charge in [0.15, 0.2) is 0 Å². The van der Waals surface area contributed by atoms with Gasteiger partial charge in [0.25, 0.3) is 11.6 Å². The van der Waals surface area contributed by atoms with Crippen LogP contribution in [0.2, 0.25) is 0 Å². The molecular formula is C20H21N5O3. The molecule has 0 saturated carbocycles. The molecule has 0 unspecified atom stereocenters. The van der Waals surface area contributed by atoms with Gasteiger partial charge in [-0.1, -0.05) is 12.1 Å². The van der Waals surface area contributed by atoms with Gasteiger partial charge in [0.1, 0.15) is 0 Å². The van der Waals surface area contributed by atoms with Crippen molar-refractivity contribution in [3.63, 3.8) is 0 Å². The lowest BCUT2D eigenvalue weighted by Gasteiger charge is -2.36. The van der Waals surface area contributed by atoms with Gasteiger partial charge in [-0.05, 0) is 36.8 Å². The number of hydrogen-bond acceptors (Lipinski definition) is 6. The molecule has 3 aromatic rings. The first-order chi connectivity index (χ1) is 13.6. The van der Waals surface area contributed by atoms with Gasteiger partial charge in [0.05, 0.1) is 16.6 Å². The molecule has 1 aliphatic rings. The van der Waals surface area contributed by atoms with Crippen LogP contribution in [0.1, 0.15) is 33.3 Å². The van der Waals surface area contributed by atoms with Crippen LogP contribution in [0.15, 0.2) is 41.1 Å². The number of aromatic nitrogens is 2. The summed E-state index contributed by atoms with van der Waals surface area (Å²) < 4.78 is 5.18. The van der Waals surface area contributed by atoms with Gasteiger partial charge in [-0.3, -0.25) is 9.59 Å². The molecule has 0 bridgehead atoms. The predicted octanol–water partition coefficient (Wildman–Crippen LogP) is 1.85. The number of piperazine rings is 1. The van der Waals surface area contributed by atoms with E-state index in [2.05, 4.69) is 15.0 Å². The van der Waals surface area contributed by atoms with Crippen molar-refractivity contribution in [3.05, 3.63) is 53.3 Å². The van der Waals surface area contributed by atoms with Gasteiger partial charge in [-0.15, -0.1) is 0 Å². The Hall–Kier alpha value is -3.42. The number of rotatable bonds is 4. The first-order valence-electron chi connectivity index (χ1n) is 9.25. The summed E-state index contributed by atoms with van der Waals surface area (Å²) in [5.74, 6) is -0.479. The number of aryl methyl sites for hydroxylation is 1. The molecule has 0 aliphatic carbocycles. The first kappa shape index (κ1) is 18.0. The van der Waals surface area contributed by atoms with Crippen LogP contribution in [0.3, 0.4) is 0 Å². The topological polar surface area (TPSA) is 106 Å². The van der Waals surface area contributed by atoms with Crippen molar-refractivity contribution in [2.75, 3.05) is 31.1 Å². The highest BCUT2D eigenvalue weighted by Crippen LogP contribution is 2.21. The Balaban J connectivity index is 1.44. The Bertz CT molecular complexity index is 1020. The number of pyridine rings is 1. The molecule has 4 rings (SSSR count). The van der Waals surface area contributed by atoms with Gasteiger partial charge in [0.2, 0.25) is 5.91 Å². The number of fused-ring (bicyclic) bond motifs is 1. The van der Waals surface area contributed by atoms with E-state index in [-0.39, 0.29) is 5.91 Å². The molecule has 1 saturated heterocycles. The van der Waals surface area contributed by atoms with E-state index >= 15 is 0 Å². The average molecular weight is 379 g/mol. The second-order valence-electron chi connectivity index (χ2n) is 6.75. The Morgan fingerprint density at radius 2 is 1.82 bits per heavy atom. The molecule has 0 atom stereocenters. The third-order valence-electron chi connectivity index (χ3n) is 5.07. The van der Waals surface area contributed by atoms with Gasteiger partial charge in [0, 0.05) is 43.6 Å². The van der Waals surface area contributed by atoms with Crippen LogP contribution >= 0.6 is 0 Å². The third kappa shape index (κ3) is 3.28. The van der Waals surface area contributed by atoms with Crippen molar-refractivity contribution in [2.45, 2.75) is 13.3 Å². The lowest BCUT2D eigenvalue weighted by Crippen LogP contribution is -2.48. The molecule has 8 nitrogen and oxygen atoms in total. The lowest BCUT2D eigenvalue weighted by atomic mass is 10.1. The molecule has 144 valence electrons. The zero-order valence-electron chi connectivity index (χ0n) is 15.6. The van der Waals surface area contributed by atoms with E-state index in [0.717, 1.165) is 23.2 Å². The van der Waals surface area contributed by atoms with Crippen LogP contribution in [0, 0.1) is 0 Å². The Labute approximate surface area is 161 Å². The highest BCUT2D eigenvalue weighted by atomic mass is 16.5. The molecule has 1 fully saturated rings. The molecule has 28 heavy (non-hydrogen) atoms. The normalized spacial score (nSPS) is 14.5. The summed E-state index contributed by atoms with van der Waals surface area (Å²) in [6.07, 6.45) is 2.27. The van der Waals surface area contributed by atoms with E-state index < -0.39 is 5.91 Å². The van der Waals surface area contributed by atoms with Crippen LogP contribution in [0.4, 0.5) is 5.69 Å². The van der Waals surface area contributed by atoms with Gasteiger partial charge >= 0.3 is 0 Å². The summed E-state index contributed by atoms with van der Waals surface area (Å²) in [6, 6.07) is 9.02. The minimum absolute atomic E-state index is 0.0404. The van der Waals surface area contributed by atoms with Crippen molar-refractivity contribution in [1.82, 2.24) is 15.0 Å². The summed E-state index contributed by atoms with van der Waals surface area (Å²) in [5, 5.41) is 4.78. The van der Waals surface area contributed by atoms with Crippen molar-refractivity contribution in [3.8, 4) is 0 Å². The molecule has 2 amide bonds. The third-order valence-corrected chi connectivity index (χ3v) is 5.07. The van der Waals surface area contributed by atoms with Crippen molar-refractivity contribution < 1.29 is 14.1 Å². The van der Waals surface area contributed by atoms with Crippen molar-refractivity contribution >= 4 is 28.6 Å². The zero-order valence-corrected chi connectivity index (χ0v) is 15.6. The van der Waals surface area contributed by atoms with E-state index in [0.29, 0.717) is 43.0 Å². The summed E-state index contributed by atoms with van der Waals surface area (Å²) in [5.41, 5.74) is 8.59. The zero-order chi connectivity index (χ0) is 19.7. The van der Waals surface area contributed by atoms with Crippen molar-refractivity contribution in [2.24, 2.45) is 5.73 Å². The quantitative estimate of drug-likeness (QED) is 0.742. The second kappa shape index (κ2) is 7.30. The molecule has 2 aromatic heterocycles. The number of amides is 2. The van der Waals surface area contributed by atoms with Gasteiger partial charge < -0.3 is 20.1 Å². The molecule has 1 aromatic carbocycles.